The number of carbonyl (C=O) groups is 3. The third-order valence-electron chi connectivity index (χ3n) is 6.63. The van der Waals surface area contributed by atoms with Gasteiger partial charge in [-0.15, -0.1) is 0 Å². The van der Waals surface area contributed by atoms with E-state index in [1.165, 1.54) is 11.8 Å². The average molecular weight is 472 g/mol. The van der Waals surface area contributed by atoms with Crippen molar-refractivity contribution in [1.29, 1.82) is 5.26 Å². The van der Waals surface area contributed by atoms with Crippen molar-refractivity contribution in [2.24, 2.45) is 0 Å². The summed E-state index contributed by atoms with van der Waals surface area (Å²) in [5.41, 5.74) is 3.86. The number of urea groups is 1. The van der Waals surface area contributed by atoms with E-state index in [0.717, 1.165) is 5.56 Å². The van der Waals surface area contributed by atoms with Crippen LogP contribution in [0, 0.1) is 18.3 Å². The summed E-state index contributed by atoms with van der Waals surface area (Å²) in [5, 5.41) is 12.7. The molecule has 8 nitrogen and oxygen atoms in total. The van der Waals surface area contributed by atoms with Gasteiger partial charge in [-0.05, 0) is 56.2 Å². The molecule has 1 N–H and O–H groups in total. The van der Waals surface area contributed by atoms with Gasteiger partial charge in [0.15, 0.2) is 5.78 Å². The van der Waals surface area contributed by atoms with Crippen LogP contribution in [0.4, 0.5) is 10.5 Å². The lowest BCUT2D eigenvalue weighted by Gasteiger charge is -2.42. The minimum absolute atomic E-state index is 0.186. The van der Waals surface area contributed by atoms with Crippen LogP contribution in [0.25, 0.3) is 0 Å². The first-order chi connectivity index (χ1) is 16.7. The highest BCUT2D eigenvalue weighted by Gasteiger charge is 2.41. The summed E-state index contributed by atoms with van der Waals surface area (Å²) in [6.45, 7) is 7.64. The highest BCUT2D eigenvalue weighted by molar-refractivity contribution is 6.06. The molecule has 2 aliphatic rings. The molecule has 0 saturated carbocycles. The Kier molecular flexibility index (Phi) is 6.72. The first-order valence-corrected chi connectivity index (χ1v) is 11.6. The fraction of sp³-hybridized carbons (Fsp3) is 0.333. The summed E-state index contributed by atoms with van der Waals surface area (Å²) in [4.78, 5) is 45.0. The summed E-state index contributed by atoms with van der Waals surface area (Å²) in [7, 11) is 1.64. The van der Waals surface area contributed by atoms with Crippen LogP contribution in [-0.2, 0) is 4.79 Å². The second-order valence-electron chi connectivity index (χ2n) is 8.98. The van der Waals surface area contributed by atoms with Gasteiger partial charge >= 0.3 is 6.03 Å². The van der Waals surface area contributed by atoms with Gasteiger partial charge in [0.2, 0.25) is 0 Å². The van der Waals surface area contributed by atoms with Crippen molar-refractivity contribution >= 4 is 23.4 Å². The molecule has 2 aliphatic heterocycles. The normalized spacial score (nSPS) is 18.5. The van der Waals surface area contributed by atoms with E-state index < -0.39 is 6.04 Å². The van der Waals surface area contributed by atoms with E-state index in [2.05, 4.69) is 11.4 Å². The van der Waals surface area contributed by atoms with Crippen LogP contribution < -0.4 is 10.2 Å². The quantitative estimate of drug-likeness (QED) is 0.737. The maximum Gasteiger partial charge on any atom is 0.329 e. The van der Waals surface area contributed by atoms with E-state index in [1.807, 2.05) is 31.2 Å². The molecule has 2 heterocycles. The molecule has 3 amide bonds. The van der Waals surface area contributed by atoms with Crippen LogP contribution in [0.15, 0.2) is 53.7 Å². The standard InChI is InChI=1S/C27H29N5O3/c1-17-6-5-7-21(14-17)32-18(2)24(19(3)33)25(30(4)27(32)35)22-9-8-20(16-28)15-23(22)26(34)31-12-10-29-11-13-31/h5-9,14-15,25,29H,10-13H2,1-4H3. The molecule has 4 rings (SSSR count). The molecular formula is C27H29N5O3. The molecule has 1 fully saturated rings. The fourth-order valence-electron chi connectivity index (χ4n) is 4.89. The Balaban J connectivity index is 1.89. The zero-order chi connectivity index (χ0) is 25.3. The molecule has 0 spiro atoms. The minimum atomic E-state index is -0.754. The predicted octanol–water partition coefficient (Wildman–Crippen LogP) is 3.39. The summed E-state index contributed by atoms with van der Waals surface area (Å²) >= 11 is 0. The molecule has 0 bridgehead atoms. The van der Waals surface area contributed by atoms with E-state index >= 15 is 0 Å². The van der Waals surface area contributed by atoms with Crippen LogP contribution in [0.2, 0.25) is 0 Å². The summed E-state index contributed by atoms with van der Waals surface area (Å²) in [6.07, 6.45) is 0. The number of allylic oxidation sites excluding steroid dienone is 1. The number of rotatable bonds is 4. The number of benzene rings is 2. The van der Waals surface area contributed by atoms with Crippen LogP contribution >= 0.6 is 0 Å². The number of carbonyl (C=O) groups excluding carboxylic acids is 3. The molecule has 8 heteroatoms. The van der Waals surface area contributed by atoms with Crippen molar-refractivity contribution in [2.75, 3.05) is 38.1 Å². The number of nitrogens with zero attached hydrogens (tertiary/aromatic N) is 4. The number of nitriles is 1. The fourth-order valence-corrected chi connectivity index (χ4v) is 4.89. The molecule has 1 saturated heterocycles. The van der Waals surface area contributed by atoms with Gasteiger partial charge in [-0.25, -0.2) is 4.79 Å². The lowest BCUT2D eigenvalue weighted by atomic mass is 9.87. The zero-order valence-electron chi connectivity index (χ0n) is 20.5. The Morgan fingerprint density at radius 2 is 1.80 bits per heavy atom. The van der Waals surface area contributed by atoms with Crippen LogP contribution in [0.1, 0.15) is 46.9 Å². The maximum atomic E-state index is 13.7. The van der Waals surface area contributed by atoms with Crippen LogP contribution in [0.3, 0.4) is 0 Å². The molecule has 1 atom stereocenters. The molecule has 0 radical (unpaired) electrons. The number of hydrogen-bond acceptors (Lipinski definition) is 5. The van der Waals surface area contributed by atoms with Gasteiger partial charge in [-0.2, -0.15) is 5.26 Å². The van der Waals surface area contributed by atoms with Crippen LogP contribution in [-0.4, -0.2) is 60.7 Å². The summed E-state index contributed by atoms with van der Waals surface area (Å²) in [6, 6.07) is 13.5. The molecular weight excluding hydrogens is 442 g/mol. The lowest BCUT2D eigenvalue weighted by molar-refractivity contribution is -0.114. The number of hydrogen-bond donors (Lipinski definition) is 1. The third-order valence-corrected chi connectivity index (χ3v) is 6.63. The Morgan fingerprint density at radius 1 is 1.09 bits per heavy atom. The number of anilines is 1. The Hall–Kier alpha value is -3.96. The largest absolute Gasteiger partial charge is 0.336 e. The van der Waals surface area contributed by atoms with Crippen molar-refractivity contribution in [3.8, 4) is 6.07 Å². The Morgan fingerprint density at radius 3 is 2.43 bits per heavy atom. The monoisotopic (exact) mass is 471 g/mol. The van der Waals surface area contributed by atoms with Crippen molar-refractivity contribution in [3.05, 3.63) is 76.0 Å². The third kappa shape index (κ3) is 4.43. The van der Waals surface area contributed by atoms with Gasteiger partial charge in [0.25, 0.3) is 5.91 Å². The SMILES string of the molecule is CC(=O)C1=C(C)N(c2cccc(C)c2)C(=O)N(C)C1c1ccc(C#N)cc1C(=O)N1CCNCC1. The van der Waals surface area contributed by atoms with Crippen molar-refractivity contribution in [2.45, 2.75) is 26.8 Å². The molecule has 0 aliphatic carbocycles. The van der Waals surface area contributed by atoms with Gasteiger partial charge in [0.05, 0.1) is 23.4 Å². The van der Waals surface area contributed by atoms with Crippen molar-refractivity contribution in [1.82, 2.24) is 15.1 Å². The van der Waals surface area contributed by atoms with Gasteiger partial charge < -0.3 is 15.1 Å². The topological polar surface area (TPSA) is 96.7 Å². The average Bonchev–Trinajstić information content (AvgIpc) is 2.85. The van der Waals surface area contributed by atoms with E-state index in [0.29, 0.717) is 59.8 Å². The van der Waals surface area contributed by atoms with E-state index in [9.17, 15) is 19.6 Å². The number of amides is 3. The summed E-state index contributed by atoms with van der Waals surface area (Å²) < 4.78 is 0. The molecule has 180 valence electrons. The minimum Gasteiger partial charge on any atom is -0.336 e. The molecule has 2 aromatic rings. The first-order valence-electron chi connectivity index (χ1n) is 11.6. The van der Waals surface area contributed by atoms with E-state index in [-0.39, 0.29) is 17.7 Å². The van der Waals surface area contributed by atoms with Gasteiger partial charge in [0.1, 0.15) is 0 Å². The maximum absolute atomic E-state index is 13.7. The molecule has 2 aromatic carbocycles. The lowest BCUT2D eigenvalue weighted by Crippen LogP contribution is -2.50. The molecule has 35 heavy (non-hydrogen) atoms. The Bertz CT molecular complexity index is 1270. The van der Waals surface area contributed by atoms with E-state index in [4.69, 9.17) is 0 Å². The highest BCUT2D eigenvalue weighted by Crippen LogP contribution is 2.40. The van der Waals surface area contributed by atoms with Gasteiger partial charge in [-0.3, -0.25) is 14.5 Å². The predicted molar refractivity (Wildman–Crippen MR) is 133 cm³/mol. The van der Waals surface area contributed by atoms with E-state index in [1.54, 1.807) is 42.0 Å². The number of nitrogens with one attached hydrogen (secondary N) is 1. The highest BCUT2D eigenvalue weighted by atomic mass is 16.2. The second kappa shape index (κ2) is 9.72. The second-order valence-corrected chi connectivity index (χ2v) is 8.98. The number of Topliss-reactive ketones (excluding diaryl/α,β-unsaturated/α-hetero) is 1. The van der Waals surface area contributed by atoms with Gasteiger partial charge in [-0.1, -0.05) is 18.2 Å². The van der Waals surface area contributed by atoms with Gasteiger partial charge in [0, 0.05) is 50.1 Å². The summed E-state index contributed by atoms with van der Waals surface area (Å²) in [5.74, 6) is -0.393. The number of aryl methyl sites for hydroxylation is 1. The van der Waals surface area contributed by atoms with Crippen molar-refractivity contribution < 1.29 is 14.4 Å². The zero-order valence-corrected chi connectivity index (χ0v) is 20.5. The number of piperazine rings is 1. The number of likely N-dealkylation sites (N-methyl/N-ethyl adjacent to an activating group) is 1. The number of ketones is 1. The first kappa shape index (κ1) is 24.2. The van der Waals surface area contributed by atoms with Crippen LogP contribution in [0.5, 0.6) is 0 Å². The smallest absolute Gasteiger partial charge is 0.329 e. The molecule has 0 aromatic heterocycles. The molecule has 1 unspecified atom stereocenters. The van der Waals surface area contributed by atoms with Crippen molar-refractivity contribution in [3.63, 3.8) is 0 Å². The Labute approximate surface area is 205 Å².